The van der Waals surface area contributed by atoms with Crippen LogP contribution in [0.1, 0.15) is 0 Å². The van der Waals surface area contributed by atoms with Crippen molar-refractivity contribution >= 4 is 44.9 Å². The molecule has 2 aromatic rings. The minimum Gasteiger partial charge on any atom is -0.495 e. The first-order chi connectivity index (χ1) is 9.58. The van der Waals surface area contributed by atoms with Gasteiger partial charge < -0.3 is 15.4 Å². The second-order valence-corrected chi connectivity index (χ2v) is 5.29. The number of anilines is 2. The summed E-state index contributed by atoms with van der Waals surface area (Å²) >= 11 is 9.25. The average Bonchev–Trinajstić information content (AvgIpc) is 2.38. The molecule has 0 bridgehead atoms. The second-order valence-electron chi connectivity index (χ2n) is 3.93. The van der Waals surface area contributed by atoms with Crippen LogP contribution < -0.4 is 15.4 Å². The van der Waals surface area contributed by atoms with Crippen molar-refractivity contribution in [3.8, 4) is 5.75 Å². The van der Waals surface area contributed by atoms with Crippen molar-refractivity contribution in [3.05, 3.63) is 52.0 Å². The highest BCUT2D eigenvalue weighted by Crippen LogP contribution is 2.27. The quantitative estimate of drug-likeness (QED) is 0.834. The second kappa shape index (κ2) is 6.63. The Kier molecular flexibility index (Phi) is 4.87. The van der Waals surface area contributed by atoms with Crippen molar-refractivity contribution < 1.29 is 9.53 Å². The van der Waals surface area contributed by atoms with Gasteiger partial charge in [-0.1, -0.05) is 33.6 Å². The van der Waals surface area contributed by atoms with Crippen LogP contribution in [-0.2, 0) is 0 Å². The molecule has 4 nitrogen and oxygen atoms in total. The third kappa shape index (κ3) is 3.88. The number of amides is 2. The molecule has 2 aromatic carbocycles. The maximum absolute atomic E-state index is 11.9. The van der Waals surface area contributed by atoms with E-state index in [-0.39, 0.29) is 6.03 Å². The zero-order valence-corrected chi connectivity index (χ0v) is 13.0. The molecule has 0 atom stereocenters. The summed E-state index contributed by atoms with van der Waals surface area (Å²) in [7, 11) is 1.53. The molecule has 2 N–H and O–H groups in total. The molecule has 0 unspecified atom stereocenters. The first-order valence-corrected chi connectivity index (χ1v) is 6.92. The van der Waals surface area contributed by atoms with Gasteiger partial charge in [-0.25, -0.2) is 4.79 Å². The van der Waals surface area contributed by atoms with Gasteiger partial charge in [-0.15, -0.1) is 0 Å². The van der Waals surface area contributed by atoms with Gasteiger partial charge in [0.15, 0.2) is 0 Å². The molecule has 0 heterocycles. The van der Waals surface area contributed by atoms with Gasteiger partial charge in [-0.3, -0.25) is 0 Å². The third-order valence-electron chi connectivity index (χ3n) is 2.49. The fourth-order valence-corrected chi connectivity index (χ4v) is 2.20. The van der Waals surface area contributed by atoms with Crippen LogP contribution in [0.5, 0.6) is 5.75 Å². The zero-order valence-electron chi connectivity index (χ0n) is 10.6. The fraction of sp³-hybridized carbons (Fsp3) is 0.0714. The monoisotopic (exact) mass is 354 g/mol. The van der Waals surface area contributed by atoms with E-state index in [9.17, 15) is 4.79 Å². The van der Waals surface area contributed by atoms with Crippen LogP contribution in [0.3, 0.4) is 0 Å². The van der Waals surface area contributed by atoms with Gasteiger partial charge in [-0.2, -0.15) is 0 Å². The lowest BCUT2D eigenvalue weighted by Crippen LogP contribution is -2.19. The highest BCUT2D eigenvalue weighted by atomic mass is 79.9. The number of carbonyl (C=O) groups is 1. The Morgan fingerprint density at radius 2 is 2.00 bits per heavy atom. The van der Waals surface area contributed by atoms with Crippen molar-refractivity contribution in [2.45, 2.75) is 0 Å². The first kappa shape index (κ1) is 14.7. The maximum atomic E-state index is 11.9. The van der Waals surface area contributed by atoms with Gasteiger partial charge in [0.05, 0.1) is 12.8 Å². The summed E-state index contributed by atoms with van der Waals surface area (Å²) in [6.07, 6.45) is 0. The number of hydrogen-bond acceptors (Lipinski definition) is 2. The Morgan fingerprint density at radius 1 is 1.20 bits per heavy atom. The molecule has 104 valence electrons. The minimum absolute atomic E-state index is 0.372. The van der Waals surface area contributed by atoms with E-state index in [2.05, 4.69) is 26.6 Å². The van der Waals surface area contributed by atoms with E-state index in [1.165, 1.54) is 7.11 Å². The van der Waals surface area contributed by atoms with Crippen LogP contribution >= 0.6 is 27.5 Å². The Morgan fingerprint density at radius 3 is 2.70 bits per heavy atom. The predicted molar refractivity (Wildman–Crippen MR) is 84.8 cm³/mol. The SMILES string of the molecule is COc1ccc(Cl)cc1NC(=O)Nc1cccc(Br)c1. The molecule has 0 aromatic heterocycles. The lowest BCUT2D eigenvalue weighted by molar-refractivity contribution is 0.262. The first-order valence-electron chi connectivity index (χ1n) is 5.75. The number of nitrogens with one attached hydrogen (secondary N) is 2. The summed E-state index contributed by atoms with van der Waals surface area (Å²) in [5, 5.41) is 5.94. The molecule has 0 saturated carbocycles. The number of halogens is 2. The lowest BCUT2D eigenvalue weighted by atomic mass is 10.3. The third-order valence-corrected chi connectivity index (χ3v) is 3.22. The Hall–Kier alpha value is -1.72. The number of ether oxygens (including phenoxy) is 1. The van der Waals surface area contributed by atoms with Gasteiger partial charge in [0, 0.05) is 15.2 Å². The van der Waals surface area contributed by atoms with E-state index in [0.29, 0.717) is 22.1 Å². The summed E-state index contributed by atoms with van der Waals surface area (Å²) in [5.41, 5.74) is 1.19. The van der Waals surface area contributed by atoms with E-state index in [4.69, 9.17) is 16.3 Å². The molecule has 0 saturated heterocycles. The molecule has 0 fully saturated rings. The van der Waals surface area contributed by atoms with Crippen LogP contribution in [-0.4, -0.2) is 13.1 Å². The standard InChI is InChI=1S/C14H12BrClN2O2/c1-20-13-6-5-10(16)8-12(13)18-14(19)17-11-4-2-3-9(15)7-11/h2-8H,1H3,(H2,17,18,19). The summed E-state index contributed by atoms with van der Waals surface area (Å²) in [6.45, 7) is 0. The highest BCUT2D eigenvalue weighted by molar-refractivity contribution is 9.10. The van der Waals surface area contributed by atoms with E-state index in [0.717, 1.165) is 4.47 Å². The topological polar surface area (TPSA) is 50.4 Å². The molecule has 0 aliphatic carbocycles. The molecular formula is C14H12BrClN2O2. The van der Waals surface area contributed by atoms with Crippen molar-refractivity contribution in [2.75, 3.05) is 17.7 Å². The number of rotatable bonds is 3. The van der Waals surface area contributed by atoms with Crippen LogP contribution in [0.15, 0.2) is 46.9 Å². The number of carbonyl (C=O) groups excluding carboxylic acids is 1. The van der Waals surface area contributed by atoms with E-state index in [1.54, 1.807) is 30.3 Å². The van der Waals surface area contributed by atoms with Crippen LogP contribution in [0.2, 0.25) is 5.02 Å². The summed E-state index contributed by atoms with van der Waals surface area (Å²) < 4.78 is 6.05. The average molecular weight is 356 g/mol. The number of urea groups is 1. The molecule has 20 heavy (non-hydrogen) atoms. The van der Waals surface area contributed by atoms with Crippen LogP contribution in [0.25, 0.3) is 0 Å². The van der Waals surface area contributed by atoms with Gasteiger partial charge in [0.1, 0.15) is 5.75 Å². The number of benzene rings is 2. The zero-order chi connectivity index (χ0) is 14.5. The van der Waals surface area contributed by atoms with Gasteiger partial charge >= 0.3 is 6.03 Å². The Balaban J connectivity index is 2.10. The molecule has 6 heteroatoms. The lowest BCUT2D eigenvalue weighted by Gasteiger charge is -2.11. The number of hydrogen-bond donors (Lipinski definition) is 2. The van der Waals surface area contributed by atoms with Crippen molar-refractivity contribution in [1.29, 1.82) is 0 Å². The van der Waals surface area contributed by atoms with Crippen molar-refractivity contribution in [1.82, 2.24) is 0 Å². The van der Waals surface area contributed by atoms with Crippen LogP contribution in [0, 0.1) is 0 Å². The molecule has 0 radical (unpaired) electrons. The molecule has 0 aliphatic heterocycles. The van der Waals surface area contributed by atoms with E-state index >= 15 is 0 Å². The number of methoxy groups -OCH3 is 1. The smallest absolute Gasteiger partial charge is 0.323 e. The van der Waals surface area contributed by atoms with E-state index in [1.807, 2.05) is 12.1 Å². The van der Waals surface area contributed by atoms with Crippen molar-refractivity contribution in [3.63, 3.8) is 0 Å². The predicted octanol–water partition coefficient (Wildman–Crippen LogP) is 4.76. The summed E-state index contributed by atoms with van der Waals surface area (Å²) in [4.78, 5) is 11.9. The molecule has 2 rings (SSSR count). The van der Waals surface area contributed by atoms with Gasteiger partial charge in [-0.05, 0) is 36.4 Å². The molecule has 2 amide bonds. The van der Waals surface area contributed by atoms with Gasteiger partial charge in [0.25, 0.3) is 0 Å². The Labute approximate surface area is 130 Å². The summed E-state index contributed by atoms with van der Waals surface area (Å²) in [6, 6.07) is 11.9. The van der Waals surface area contributed by atoms with E-state index < -0.39 is 0 Å². The largest absolute Gasteiger partial charge is 0.495 e. The molecule has 0 aliphatic rings. The fourth-order valence-electron chi connectivity index (χ4n) is 1.63. The molecular weight excluding hydrogens is 344 g/mol. The molecule has 0 spiro atoms. The van der Waals surface area contributed by atoms with Gasteiger partial charge in [0.2, 0.25) is 0 Å². The Bertz CT molecular complexity index is 634. The normalized spacial score (nSPS) is 9.95. The van der Waals surface area contributed by atoms with Crippen LogP contribution in [0.4, 0.5) is 16.2 Å². The minimum atomic E-state index is -0.372. The summed E-state index contributed by atoms with van der Waals surface area (Å²) in [5.74, 6) is 0.541. The maximum Gasteiger partial charge on any atom is 0.323 e. The highest BCUT2D eigenvalue weighted by Gasteiger charge is 2.08. The van der Waals surface area contributed by atoms with Crippen molar-refractivity contribution in [2.24, 2.45) is 0 Å².